The first-order chi connectivity index (χ1) is 40.2. The van der Waals surface area contributed by atoms with Gasteiger partial charge in [0.05, 0.1) is 25.2 Å². The number of aromatic amines is 1. The molecule has 1 spiro atoms. The molecule has 2 aliphatic heterocycles. The summed E-state index contributed by atoms with van der Waals surface area (Å²) in [6.07, 6.45) is 15.7. The van der Waals surface area contributed by atoms with Crippen molar-refractivity contribution in [3.8, 4) is 29.1 Å². The van der Waals surface area contributed by atoms with Gasteiger partial charge in [0, 0.05) is 73.7 Å². The van der Waals surface area contributed by atoms with Gasteiger partial charge >= 0.3 is 0 Å². The number of Topliss-reactive ketones (excluding diaryl/α,β-unsaturated/α-hetero) is 2. The highest BCUT2D eigenvalue weighted by Crippen LogP contribution is 2.58. The lowest BCUT2D eigenvalue weighted by Crippen LogP contribution is -2.40. The van der Waals surface area contributed by atoms with Crippen molar-refractivity contribution in [3.05, 3.63) is 142 Å². The minimum absolute atomic E-state index is 0.00242. The van der Waals surface area contributed by atoms with Crippen LogP contribution in [0.1, 0.15) is 167 Å². The molecule has 12 atom stereocenters. The van der Waals surface area contributed by atoms with Gasteiger partial charge in [0.1, 0.15) is 11.6 Å². The first-order valence-electron chi connectivity index (χ1n) is 31.4. The fourth-order valence-electron chi connectivity index (χ4n) is 16.1. The van der Waals surface area contributed by atoms with Crippen molar-refractivity contribution in [2.75, 3.05) is 32.1 Å². The van der Waals surface area contributed by atoms with E-state index < -0.39 is 47.6 Å². The topological polar surface area (TPSA) is 196 Å². The molecule has 4 aromatic carbocycles. The molecule has 0 amide bonds. The van der Waals surface area contributed by atoms with Crippen molar-refractivity contribution >= 4 is 28.0 Å². The third-order valence-electron chi connectivity index (χ3n) is 20.5. The zero-order valence-electron chi connectivity index (χ0n) is 49.2. The summed E-state index contributed by atoms with van der Waals surface area (Å²) >= 11 is 0. The van der Waals surface area contributed by atoms with Crippen molar-refractivity contribution in [3.63, 3.8) is 0 Å². The minimum atomic E-state index is -1.85. The zero-order chi connectivity index (χ0) is 57.9. The second kappa shape index (κ2) is 25.5. The van der Waals surface area contributed by atoms with Gasteiger partial charge < -0.3 is 51.2 Å². The molecule has 5 aromatic rings. The van der Waals surface area contributed by atoms with Gasteiger partial charge in [-0.2, -0.15) is 0 Å². The quantitative estimate of drug-likeness (QED) is 0.0600. The fraction of sp³-hybridized carbons (Fsp3) is 0.521. The number of allylic oxidation sites excluding steroid dienone is 2. The summed E-state index contributed by atoms with van der Waals surface area (Å²) in [6, 6.07) is 24.3. The Labute approximate surface area is 491 Å². The van der Waals surface area contributed by atoms with Crippen molar-refractivity contribution in [1.82, 2.24) is 15.6 Å². The number of aryl methyl sites for hydroxylation is 1. The number of aromatic hydroxyl groups is 2. The number of hydrogen-bond acceptors (Lipinski definition) is 11. The number of carbonyl (C=O) groups excluding carboxylic acids is 2. The molecule has 440 valence electrons. The van der Waals surface area contributed by atoms with Crippen LogP contribution in [-0.2, 0) is 28.9 Å². The SMILES string of the molecule is CCC[C@@H]1[C@@H]2C[C@@H](C[C@@H]3C#C[C@@H](c4ccccc4[C@H]4CCC[C@@H](C)C4)c4cc(O)c(OC)cc4CCC(=O)[C@@H](O)C(=O)[C@H]3C2)C2(CCCC2)C2=CCNC(=C2)Nc2ccc3ccc(c(O)c3c2)C[C@@H](O)CNC[C@H](C)c2c[nH]c(c2)C[C@H]1O. The van der Waals surface area contributed by atoms with Crippen molar-refractivity contribution in [1.29, 1.82) is 0 Å². The average Bonchev–Trinajstić information content (AvgIpc) is 4.14. The van der Waals surface area contributed by atoms with E-state index in [1.54, 1.807) is 12.1 Å². The summed E-state index contributed by atoms with van der Waals surface area (Å²) in [7, 11) is 1.52. The number of H-pyrrole nitrogens is 1. The number of phenolic OH excluding ortho intramolecular Hbond substituents is 2. The van der Waals surface area contributed by atoms with E-state index in [1.165, 1.54) is 24.7 Å². The van der Waals surface area contributed by atoms with E-state index in [4.69, 9.17) is 4.74 Å². The Hall–Kier alpha value is -6.36. The highest BCUT2D eigenvalue weighted by atomic mass is 16.5. The van der Waals surface area contributed by atoms with Gasteiger partial charge in [-0.3, -0.25) is 9.59 Å². The van der Waals surface area contributed by atoms with Crippen LogP contribution >= 0.6 is 0 Å². The van der Waals surface area contributed by atoms with Gasteiger partial charge in [-0.05, 0) is 179 Å². The number of aliphatic hydroxyl groups is 3. The number of methoxy groups -OCH3 is 1. The molecular formula is C71H88N4O8. The van der Waals surface area contributed by atoms with E-state index in [-0.39, 0.29) is 59.2 Å². The monoisotopic (exact) mass is 1120 g/mol. The summed E-state index contributed by atoms with van der Waals surface area (Å²) in [6.45, 7) is 8.20. The van der Waals surface area contributed by atoms with E-state index in [0.717, 1.165) is 109 Å². The van der Waals surface area contributed by atoms with E-state index in [9.17, 15) is 30.3 Å². The normalized spacial score (nSPS) is 29.9. The highest BCUT2D eigenvalue weighted by Gasteiger charge is 2.51. The van der Waals surface area contributed by atoms with Crippen molar-refractivity contribution < 1.29 is 39.9 Å². The number of benzene rings is 4. The summed E-state index contributed by atoms with van der Waals surface area (Å²) in [5.74, 6) is 6.82. The average molecular weight is 1130 g/mol. The van der Waals surface area contributed by atoms with Crippen LogP contribution in [0.15, 0.2) is 103 Å². The van der Waals surface area contributed by atoms with E-state index in [0.29, 0.717) is 68.1 Å². The standard InChI is InChI=1S/C71H88N4O8/c1-5-11-57-49-30-52(29-46-19-22-59(58-15-7-6-14-56(58)45-13-10-12-42(2)28-45)60-38-65(79)66(83-4)34-47(60)20-23-63(77)70(82)69(81)61(46)33-49)71(25-8-9-26-71)51-24-27-73-67(35-51)75-53-21-18-44-16-17-48(68(80)62(44)36-53)32-55(76)41-72-39-43(3)50-31-54(74-40-50)37-64(57)78/h6-7,14-18,21,24,31,34-36,38,40,42-43,45-46,49,52,55,57,59,61,64,70,72-76,78-80,82H,5,8-13,20,23,25-30,32-33,37,39,41H2,1-4H3/t42-,43+,45+,46+,49-,52-,55-,57-,59+,61+,64-,70-/m1/s1. The fourth-order valence-corrected chi connectivity index (χ4v) is 16.1. The number of rotatable bonds is 5. The molecule has 6 aliphatic rings. The van der Waals surface area contributed by atoms with Crippen LogP contribution < -0.4 is 20.7 Å². The molecule has 3 fully saturated rings. The van der Waals surface area contributed by atoms with Crippen molar-refractivity contribution in [2.24, 2.45) is 40.9 Å². The predicted octanol–water partition coefficient (Wildman–Crippen LogP) is 11.8. The number of aromatic nitrogens is 1. The number of anilines is 1. The second-order valence-corrected chi connectivity index (χ2v) is 25.9. The number of ether oxygens (including phenoxy) is 1. The molecule has 3 heterocycles. The maximum Gasteiger partial charge on any atom is 0.173 e. The number of aliphatic hydroxyl groups excluding tert-OH is 3. The number of phenols is 2. The van der Waals surface area contributed by atoms with Crippen LogP contribution in [0.4, 0.5) is 5.69 Å². The van der Waals surface area contributed by atoms with Crippen LogP contribution in [0.2, 0.25) is 0 Å². The van der Waals surface area contributed by atoms with E-state index in [1.807, 2.05) is 36.5 Å². The highest BCUT2D eigenvalue weighted by molar-refractivity contribution is 6.06. The first-order valence-corrected chi connectivity index (χ1v) is 31.4. The van der Waals surface area contributed by atoms with Crippen LogP contribution in [0.5, 0.6) is 17.2 Å². The minimum Gasteiger partial charge on any atom is -0.507 e. The Kier molecular flexibility index (Phi) is 17.9. The van der Waals surface area contributed by atoms with Crippen molar-refractivity contribution in [2.45, 2.75) is 166 Å². The van der Waals surface area contributed by atoms with Crippen LogP contribution in [0.3, 0.4) is 0 Å². The van der Waals surface area contributed by atoms with Crippen LogP contribution in [-0.4, -0.2) is 87.1 Å². The molecule has 0 unspecified atom stereocenters. The van der Waals surface area contributed by atoms with Gasteiger partial charge in [0.15, 0.2) is 29.2 Å². The summed E-state index contributed by atoms with van der Waals surface area (Å²) in [4.78, 5) is 33.6. The van der Waals surface area contributed by atoms with E-state index in [2.05, 4.69) is 96.0 Å². The molecule has 4 aliphatic carbocycles. The molecule has 83 heavy (non-hydrogen) atoms. The third-order valence-corrected chi connectivity index (χ3v) is 20.5. The molecule has 0 radical (unpaired) electrons. The Morgan fingerprint density at radius 1 is 0.807 bits per heavy atom. The number of dihydropyridines is 1. The largest absolute Gasteiger partial charge is 0.507 e. The lowest BCUT2D eigenvalue weighted by Gasteiger charge is -2.43. The number of fused-ring (bicyclic) bond motifs is 11. The number of nitrogens with one attached hydrogen (secondary N) is 4. The first kappa shape index (κ1) is 58.4. The molecular weight excluding hydrogens is 1040 g/mol. The van der Waals surface area contributed by atoms with Crippen LogP contribution in [0, 0.1) is 52.8 Å². The van der Waals surface area contributed by atoms with Gasteiger partial charge in [-0.15, -0.1) is 0 Å². The molecule has 9 bridgehead atoms. The molecule has 11 rings (SSSR count). The summed E-state index contributed by atoms with van der Waals surface area (Å²) in [5, 5.41) is 72.0. The van der Waals surface area contributed by atoms with Gasteiger partial charge in [-0.25, -0.2) is 0 Å². The maximum absolute atomic E-state index is 15.6. The Bertz CT molecular complexity index is 3290. The van der Waals surface area contributed by atoms with Gasteiger partial charge in [0.2, 0.25) is 0 Å². The second-order valence-electron chi connectivity index (χ2n) is 25.9. The van der Waals surface area contributed by atoms with Crippen LogP contribution in [0.25, 0.3) is 10.8 Å². The smallest absolute Gasteiger partial charge is 0.173 e. The number of β-amino-alcohol motifs (C(OH)–C–C–N with tert-alkyl or cyclic N) is 1. The van der Waals surface area contributed by atoms with Gasteiger partial charge in [0.25, 0.3) is 0 Å². The summed E-state index contributed by atoms with van der Waals surface area (Å²) < 4.78 is 5.68. The number of ketones is 2. The molecule has 3 saturated carbocycles. The maximum atomic E-state index is 15.6. The number of hydrogen-bond donors (Lipinski definition) is 9. The Balaban J connectivity index is 1.07. The predicted molar refractivity (Wildman–Crippen MR) is 327 cm³/mol. The lowest BCUT2D eigenvalue weighted by molar-refractivity contribution is -0.142. The number of carbonyl (C=O) groups is 2. The molecule has 12 nitrogen and oxygen atoms in total. The third kappa shape index (κ3) is 12.4. The molecule has 1 aromatic heterocycles. The molecule has 9 N–H and O–H groups in total. The molecule has 0 saturated heterocycles. The lowest BCUT2D eigenvalue weighted by atomic mass is 9.62. The Morgan fingerprint density at radius 3 is 2.41 bits per heavy atom. The Morgan fingerprint density at radius 2 is 1.61 bits per heavy atom. The summed E-state index contributed by atoms with van der Waals surface area (Å²) in [5.41, 5.74) is 8.31. The zero-order valence-corrected chi connectivity index (χ0v) is 49.2. The molecule has 12 heteroatoms. The van der Waals surface area contributed by atoms with E-state index >= 15 is 4.79 Å². The van der Waals surface area contributed by atoms with Gasteiger partial charge in [-0.1, -0.05) is 113 Å².